The predicted octanol–water partition coefficient (Wildman–Crippen LogP) is 2.88. The minimum atomic E-state index is -0.624. The van der Waals surface area contributed by atoms with E-state index >= 15 is 0 Å². The zero-order valence-electron chi connectivity index (χ0n) is 17.3. The Morgan fingerprint density at radius 3 is 2.79 bits per heavy atom. The lowest BCUT2D eigenvalue weighted by Crippen LogP contribution is -2.33. The van der Waals surface area contributed by atoms with Gasteiger partial charge >= 0.3 is 6.09 Å². The van der Waals surface area contributed by atoms with E-state index in [-0.39, 0.29) is 30.4 Å². The molecule has 170 valence electrons. The van der Waals surface area contributed by atoms with E-state index in [9.17, 15) is 18.8 Å². The van der Waals surface area contributed by atoms with Crippen LogP contribution in [0.15, 0.2) is 53.5 Å². The average molecular weight is 517 g/mol. The molecule has 1 atom stereocenters. The van der Waals surface area contributed by atoms with Crippen LogP contribution < -0.4 is 15.5 Å². The van der Waals surface area contributed by atoms with Crippen molar-refractivity contribution >= 4 is 45.3 Å². The van der Waals surface area contributed by atoms with Gasteiger partial charge in [0.2, 0.25) is 5.91 Å². The highest BCUT2D eigenvalue weighted by Crippen LogP contribution is 2.25. The highest BCUT2D eigenvalue weighted by molar-refractivity contribution is 9.10. The fourth-order valence-electron chi connectivity index (χ4n) is 3.17. The number of anilines is 2. The standard InChI is InChI=1S/C21H18BrFN6O4/c1-12(30)24-8-15-9-29(21(32)33-15)14-3-4-18(16(23)6-14)28-10-17(26-11-28)20(31)27-19-5-2-13(22)7-25-19/h2-7,10-11,15H,8-9H2,1H3,(H,24,30)(H,25,27,31). The SMILES string of the molecule is CC(=O)NCC1CN(c2ccc(-n3cnc(C(=O)Nc4ccc(Br)cn4)c3)c(F)c2)C(=O)O1. The Kier molecular flexibility index (Phi) is 6.36. The molecule has 0 spiro atoms. The van der Waals surface area contributed by atoms with E-state index in [0.717, 1.165) is 4.47 Å². The number of hydrogen-bond donors (Lipinski definition) is 2. The number of rotatable bonds is 6. The number of hydrogen-bond acceptors (Lipinski definition) is 6. The van der Waals surface area contributed by atoms with Crippen LogP contribution in [0.3, 0.4) is 0 Å². The molecule has 4 rings (SSSR count). The van der Waals surface area contributed by atoms with Gasteiger partial charge in [-0.15, -0.1) is 0 Å². The normalized spacial score (nSPS) is 15.3. The molecule has 3 amide bonds. The Morgan fingerprint density at radius 1 is 1.27 bits per heavy atom. The molecular formula is C21H18BrFN6O4. The molecule has 0 radical (unpaired) electrons. The van der Waals surface area contributed by atoms with Crippen molar-refractivity contribution in [2.24, 2.45) is 0 Å². The van der Waals surface area contributed by atoms with Crippen molar-refractivity contribution in [3.8, 4) is 5.69 Å². The summed E-state index contributed by atoms with van der Waals surface area (Å²) >= 11 is 3.27. The molecule has 0 saturated carbocycles. The van der Waals surface area contributed by atoms with Gasteiger partial charge in [-0.1, -0.05) is 0 Å². The topological polar surface area (TPSA) is 118 Å². The first-order valence-electron chi connectivity index (χ1n) is 9.79. The molecule has 1 saturated heterocycles. The number of carbonyl (C=O) groups is 3. The van der Waals surface area contributed by atoms with Gasteiger partial charge in [-0.3, -0.25) is 14.5 Å². The number of ether oxygens (including phenoxy) is 1. The number of carbonyl (C=O) groups excluding carboxylic acids is 3. The van der Waals surface area contributed by atoms with E-state index in [0.29, 0.717) is 11.5 Å². The number of pyridine rings is 1. The molecule has 1 fully saturated rings. The smallest absolute Gasteiger partial charge is 0.414 e. The zero-order chi connectivity index (χ0) is 23.5. The summed E-state index contributed by atoms with van der Waals surface area (Å²) in [6, 6.07) is 7.59. The van der Waals surface area contributed by atoms with Crippen LogP contribution in [0.4, 0.5) is 20.7 Å². The van der Waals surface area contributed by atoms with Crippen LogP contribution in [0.2, 0.25) is 0 Å². The van der Waals surface area contributed by atoms with Gasteiger partial charge in [-0.2, -0.15) is 0 Å². The van der Waals surface area contributed by atoms with E-state index in [2.05, 4.69) is 36.5 Å². The largest absolute Gasteiger partial charge is 0.442 e. The fraction of sp³-hybridized carbons (Fsp3) is 0.190. The summed E-state index contributed by atoms with van der Waals surface area (Å²) in [5, 5.41) is 5.20. The number of cyclic esters (lactones) is 1. The minimum absolute atomic E-state index is 0.0760. The van der Waals surface area contributed by atoms with Crippen molar-refractivity contribution < 1.29 is 23.5 Å². The second kappa shape index (κ2) is 9.36. The van der Waals surface area contributed by atoms with E-state index in [4.69, 9.17) is 4.74 Å². The maximum atomic E-state index is 14.9. The van der Waals surface area contributed by atoms with Crippen LogP contribution in [0.5, 0.6) is 0 Å². The van der Waals surface area contributed by atoms with Crippen molar-refractivity contribution in [1.29, 1.82) is 0 Å². The number of imidazole rings is 1. The molecule has 2 N–H and O–H groups in total. The van der Waals surface area contributed by atoms with Crippen LogP contribution >= 0.6 is 15.9 Å². The van der Waals surface area contributed by atoms with Crippen molar-refractivity contribution in [3.05, 3.63) is 65.0 Å². The average Bonchev–Trinajstić information content (AvgIpc) is 3.41. The summed E-state index contributed by atoms with van der Waals surface area (Å²) in [5.41, 5.74) is 0.535. The van der Waals surface area contributed by atoms with Crippen molar-refractivity contribution in [2.75, 3.05) is 23.3 Å². The summed E-state index contributed by atoms with van der Waals surface area (Å²) in [5.74, 6) is -1.00. The van der Waals surface area contributed by atoms with Crippen LogP contribution in [0, 0.1) is 5.82 Å². The summed E-state index contributed by atoms with van der Waals surface area (Å²) in [7, 11) is 0. The summed E-state index contributed by atoms with van der Waals surface area (Å²) in [6.07, 6.45) is 3.10. The minimum Gasteiger partial charge on any atom is -0.442 e. The van der Waals surface area contributed by atoms with Gasteiger partial charge in [0.15, 0.2) is 0 Å². The number of benzene rings is 1. The Balaban J connectivity index is 1.46. The molecule has 1 aliphatic rings. The first kappa shape index (κ1) is 22.4. The van der Waals surface area contributed by atoms with E-state index < -0.39 is 23.9 Å². The third kappa shape index (κ3) is 5.17. The lowest BCUT2D eigenvalue weighted by atomic mass is 10.2. The summed E-state index contributed by atoms with van der Waals surface area (Å²) in [4.78, 5) is 45.0. The number of amides is 3. The number of nitrogens with one attached hydrogen (secondary N) is 2. The monoisotopic (exact) mass is 516 g/mol. The predicted molar refractivity (Wildman–Crippen MR) is 120 cm³/mol. The van der Waals surface area contributed by atoms with Gasteiger partial charge in [0.25, 0.3) is 5.91 Å². The molecule has 3 heterocycles. The molecule has 12 heteroatoms. The van der Waals surface area contributed by atoms with Gasteiger partial charge in [-0.25, -0.2) is 19.2 Å². The molecule has 33 heavy (non-hydrogen) atoms. The van der Waals surface area contributed by atoms with Crippen LogP contribution in [-0.2, 0) is 9.53 Å². The van der Waals surface area contributed by atoms with E-state index in [1.165, 1.54) is 41.0 Å². The molecule has 1 aromatic carbocycles. The molecule has 3 aromatic rings. The second-order valence-corrected chi connectivity index (χ2v) is 8.09. The quantitative estimate of drug-likeness (QED) is 0.519. The Bertz CT molecular complexity index is 1220. The Labute approximate surface area is 195 Å². The molecule has 1 unspecified atom stereocenters. The Hall–Kier alpha value is -3.80. The van der Waals surface area contributed by atoms with Crippen LogP contribution in [0.25, 0.3) is 5.69 Å². The third-order valence-electron chi connectivity index (χ3n) is 4.76. The summed E-state index contributed by atoms with van der Waals surface area (Å²) in [6.45, 7) is 1.72. The van der Waals surface area contributed by atoms with E-state index in [1.54, 1.807) is 24.4 Å². The molecular weight excluding hydrogens is 499 g/mol. The third-order valence-corrected chi connectivity index (χ3v) is 5.23. The van der Waals surface area contributed by atoms with Crippen LogP contribution in [-0.4, -0.2) is 51.6 Å². The van der Waals surface area contributed by atoms with E-state index in [1.807, 2.05) is 0 Å². The maximum absolute atomic E-state index is 14.9. The van der Waals surface area contributed by atoms with Gasteiger partial charge in [0.05, 0.1) is 24.5 Å². The van der Waals surface area contributed by atoms with Gasteiger partial charge in [0.1, 0.15) is 29.8 Å². The van der Waals surface area contributed by atoms with Gasteiger partial charge < -0.3 is 19.9 Å². The second-order valence-electron chi connectivity index (χ2n) is 7.17. The zero-order valence-corrected chi connectivity index (χ0v) is 18.9. The number of halogens is 2. The lowest BCUT2D eigenvalue weighted by Gasteiger charge is -2.14. The molecule has 0 aliphatic carbocycles. The first-order valence-corrected chi connectivity index (χ1v) is 10.6. The maximum Gasteiger partial charge on any atom is 0.414 e. The lowest BCUT2D eigenvalue weighted by molar-refractivity contribution is -0.119. The van der Waals surface area contributed by atoms with Crippen molar-refractivity contribution in [2.45, 2.75) is 13.0 Å². The first-order chi connectivity index (χ1) is 15.8. The molecule has 0 bridgehead atoms. The van der Waals surface area contributed by atoms with Crippen molar-refractivity contribution in [1.82, 2.24) is 19.9 Å². The fourth-order valence-corrected chi connectivity index (χ4v) is 3.41. The Morgan fingerprint density at radius 2 is 2.09 bits per heavy atom. The molecule has 2 aromatic heterocycles. The highest BCUT2D eigenvalue weighted by Gasteiger charge is 2.32. The van der Waals surface area contributed by atoms with Crippen molar-refractivity contribution in [3.63, 3.8) is 0 Å². The van der Waals surface area contributed by atoms with Gasteiger partial charge in [0, 0.05) is 23.8 Å². The van der Waals surface area contributed by atoms with Gasteiger partial charge in [-0.05, 0) is 46.3 Å². The van der Waals surface area contributed by atoms with Crippen LogP contribution in [0.1, 0.15) is 17.4 Å². The summed E-state index contributed by atoms with van der Waals surface area (Å²) < 4.78 is 22.2. The molecule has 10 nitrogen and oxygen atoms in total. The number of aromatic nitrogens is 3. The molecule has 1 aliphatic heterocycles. The number of nitrogens with zero attached hydrogens (tertiary/aromatic N) is 4. The highest BCUT2D eigenvalue weighted by atomic mass is 79.9.